The van der Waals surface area contributed by atoms with Crippen molar-refractivity contribution in [3.8, 4) is 0 Å². The van der Waals surface area contributed by atoms with Crippen LogP contribution in [0.3, 0.4) is 0 Å². The highest BCUT2D eigenvalue weighted by Crippen LogP contribution is 2.25. The van der Waals surface area contributed by atoms with E-state index in [9.17, 15) is 9.59 Å². The maximum atomic E-state index is 12.2. The molecule has 1 aliphatic heterocycles. The Bertz CT molecular complexity index is 354. The topological polar surface area (TPSA) is 58.6 Å². The van der Waals surface area contributed by atoms with Crippen LogP contribution >= 0.6 is 0 Å². The van der Waals surface area contributed by atoms with Crippen LogP contribution in [0.1, 0.15) is 32.1 Å². The fourth-order valence-corrected chi connectivity index (χ4v) is 2.88. The third kappa shape index (κ3) is 2.57. The molecule has 3 aliphatic rings. The van der Waals surface area contributed by atoms with Crippen molar-refractivity contribution in [1.29, 1.82) is 0 Å². The highest BCUT2D eigenvalue weighted by Gasteiger charge is 2.38. The van der Waals surface area contributed by atoms with Gasteiger partial charge in [0.1, 0.15) is 11.8 Å². The molecule has 1 N–H and O–H groups in total. The summed E-state index contributed by atoms with van der Waals surface area (Å²) in [5.41, 5.74) is 0. The van der Waals surface area contributed by atoms with Gasteiger partial charge in [0.2, 0.25) is 5.91 Å². The average molecular weight is 252 g/mol. The Morgan fingerprint density at radius 1 is 1.33 bits per heavy atom. The molecule has 0 radical (unpaired) electrons. The minimum atomic E-state index is -0.199. The molecule has 1 saturated heterocycles. The fraction of sp³-hybridized carbons (Fsp3) is 0.846. The summed E-state index contributed by atoms with van der Waals surface area (Å²) >= 11 is 0. The largest absolute Gasteiger partial charge is 0.378 e. The number of nitrogens with one attached hydrogen (secondary N) is 1. The number of hydrogen-bond acceptors (Lipinski definition) is 4. The second kappa shape index (κ2) is 4.97. The van der Waals surface area contributed by atoms with Gasteiger partial charge in [-0.1, -0.05) is 0 Å². The summed E-state index contributed by atoms with van der Waals surface area (Å²) in [7, 11) is 0. The smallest absolute Gasteiger partial charge is 0.239 e. The predicted molar refractivity (Wildman–Crippen MR) is 65.1 cm³/mol. The Morgan fingerprint density at radius 3 is 2.83 bits per heavy atom. The normalized spacial score (nSPS) is 33.7. The number of carbonyl (C=O) groups is 2. The molecule has 5 heteroatoms. The van der Waals surface area contributed by atoms with E-state index in [1.807, 2.05) is 0 Å². The van der Waals surface area contributed by atoms with Crippen molar-refractivity contribution in [3.05, 3.63) is 0 Å². The van der Waals surface area contributed by atoms with Crippen LogP contribution in [0.4, 0.5) is 0 Å². The second-order valence-corrected chi connectivity index (χ2v) is 5.55. The summed E-state index contributed by atoms with van der Waals surface area (Å²) in [4.78, 5) is 25.8. The lowest BCUT2D eigenvalue weighted by Gasteiger charge is -2.38. The van der Waals surface area contributed by atoms with Gasteiger partial charge in [-0.25, -0.2) is 0 Å². The van der Waals surface area contributed by atoms with Gasteiger partial charge in [-0.15, -0.1) is 0 Å². The van der Waals surface area contributed by atoms with Gasteiger partial charge in [-0.05, 0) is 19.3 Å². The van der Waals surface area contributed by atoms with E-state index in [4.69, 9.17) is 4.74 Å². The van der Waals surface area contributed by atoms with Crippen LogP contribution in [-0.4, -0.2) is 54.5 Å². The first-order valence-electron chi connectivity index (χ1n) is 6.89. The number of rotatable bonds is 3. The maximum Gasteiger partial charge on any atom is 0.239 e. The summed E-state index contributed by atoms with van der Waals surface area (Å²) in [6.07, 6.45) is 4.36. The Hall–Kier alpha value is -0.940. The van der Waals surface area contributed by atoms with Crippen molar-refractivity contribution in [2.75, 3.05) is 19.8 Å². The van der Waals surface area contributed by atoms with Gasteiger partial charge >= 0.3 is 0 Å². The van der Waals surface area contributed by atoms with Crippen LogP contribution in [0.2, 0.25) is 0 Å². The molecule has 0 aromatic rings. The molecule has 18 heavy (non-hydrogen) atoms. The molecule has 2 atom stereocenters. The molecule has 0 aromatic carbocycles. The van der Waals surface area contributed by atoms with E-state index in [1.165, 1.54) is 0 Å². The van der Waals surface area contributed by atoms with Crippen molar-refractivity contribution >= 4 is 11.7 Å². The zero-order valence-electron chi connectivity index (χ0n) is 10.6. The van der Waals surface area contributed by atoms with Crippen molar-refractivity contribution in [1.82, 2.24) is 10.2 Å². The number of morpholine rings is 1. The molecule has 3 fully saturated rings. The number of hydrogen-bond donors (Lipinski definition) is 1. The average Bonchev–Trinajstić information content (AvgIpc) is 3.08. The number of carbonyl (C=O) groups excluding carboxylic acids is 2. The van der Waals surface area contributed by atoms with Crippen LogP contribution in [0.15, 0.2) is 0 Å². The quantitative estimate of drug-likeness (QED) is 0.773. The Morgan fingerprint density at radius 2 is 2.17 bits per heavy atom. The van der Waals surface area contributed by atoms with Gasteiger partial charge in [0.15, 0.2) is 0 Å². The van der Waals surface area contributed by atoms with Gasteiger partial charge in [0, 0.05) is 31.5 Å². The first kappa shape index (κ1) is 12.1. The number of Topliss-reactive ketones (excluding diaryl/α,β-unsaturated/α-hetero) is 1. The molecule has 5 nitrogen and oxygen atoms in total. The van der Waals surface area contributed by atoms with Crippen LogP contribution in [0.25, 0.3) is 0 Å². The van der Waals surface area contributed by atoms with Gasteiger partial charge in [-0.2, -0.15) is 0 Å². The highest BCUT2D eigenvalue weighted by molar-refractivity contribution is 5.84. The van der Waals surface area contributed by atoms with Crippen molar-refractivity contribution < 1.29 is 14.3 Å². The third-order valence-corrected chi connectivity index (χ3v) is 4.08. The highest BCUT2D eigenvalue weighted by atomic mass is 16.5. The minimum Gasteiger partial charge on any atom is -0.378 e. The van der Waals surface area contributed by atoms with Crippen LogP contribution in [0, 0.1) is 0 Å². The molecule has 2 saturated carbocycles. The van der Waals surface area contributed by atoms with Crippen molar-refractivity contribution in [2.45, 2.75) is 50.2 Å². The number of ether oxygens (including phenoxy) is 1. The predicted octanol–water partition coefficient (Wildman–Crippen LogP) is 0.0874. The van der Waals surface area contributed by atoms with E-state index in [-0.39, 0.29) is 18.0 Å². The zero-order chi connectivity index (χ0) is 12.5. The molecule has 0 bridgehead atoms. The molecule has 1 amide bonds. The SMILES string of the molecule is O=C1CCC(N2CCOCC2C(=O)NC2CC2)C1. The standard InChI is InChI=1S/C13H20N2O3/c16-11-4-3-10(7-11)15-5-6-18-8-12(15)13(17)14-9-1-2-9/h9-10,12H,1-8H2,(H,14,17). The van der Waals surface area contributed by atoms with Gasteiger partial charge in [-0.3, -0.25) is 14.5 Å². The molecule has 0 aromatic heterocycles. The number of ketones is 1. The Kier molecular flexibility index (Phi) is 3.35. The van der Waals surface area contributed by atoms with Crippen LogP contribution in [-0.2, 0) is 14.3 Å². The first-order valence-corrected chi connectivity index (χ1v) is 6.89. The van der Waals surface area contributed by atoms with Crippen molar-refractivity contribution in [3.63, 3.8) is 0 Å². The monoisotopic (exact) mass is 252 g/mol. The summed E-state index contributed by atoms with van der Waals surface area (Å²) in [6.45, 7) is 1.89. The molecular weight excluding hydrogens is 232 g/mol. The van der Waals surface area contributed by atoms with Crippen LogP contribution in [0.5, 0.6) is 0 Å². The zero-order valence-corrected chi connectivity index (χ0v) is 10.6. The Labute approximate surface area is 107 Å². The number of amides is 1. The second-order valence-electron chi connectivity index (χ2n) is 5.55. The van der Waals surface area contributed by atoms with E-state index in [0.717, 1.165) is 25.8 Å². The van der Waals surface area contributed by atoms with E-state index in [1.54, 1.807) is 0 Å². The van der Waals surface area contributed by atoms with Gasteiger partial charge in [0.05, 0.1) is 13.2 Å². The van der Waals surface area contributed by atoms with Crippen LogP contribution < -0.4 is 5.32 Å². The fourth-order valence-electron chi connectivity index (χ4n) is 2.88. The molecule has 3 rings (SSSR count). The lowest BCUT2D eigenvalue weighted by molar-refractivity contribution is -0.135. The summed E-state index contributed by atoms with van der Waals surface area (Å²) in [6, 6.07) is 0.429. The summed E-state index contributed by atoms with van der Waals surface area (Å²) < 4.78 is 5.43. The van der Waals surface area contributed by atoms with E-state index in [2.05, 4.69) is 10.2 Å². The molecule has 100 valence electrons. The van der Waals surface area contributed by atoms with Gasteiger partial charge < -0.3 is 10.1 Å². The molecule has 0 spiro atoms. The lowest BCUT2D eigenvalue weighted by Crippen LogP contribution is -2.57. The molecule has 2 unspecified atom stereocenters. The third-order valence-electron chi connectivity index (χ3n) is 4.08. The summed E-state index contributed by atoms with van der Waals surface area (Å²) in [5, 5.41) is 3.04. The molecule has 1 heterocycles. The summed E-state index contributed by atoms with van der Waals surface area (Å²) in [5.74, 6) is 0.407. The number of nitrogens with zero attached hydrogens (tertiary/aromatic N) is 1. The molecule has 2 aliphatic carbocycles. The minimum absolute atomic E-state index is 0.0801. The first-order chi connectivity index (χ1) is 8.74. The lowest BCUT2D eigenvalue weighted by atomic mass is 10.1. The van der Waals surface area contributed by atoms with E-state index >= 15 is 0 Å². The Balaban J connectivity index is 1.64. The molecular formula is C13H20N2O3. The maximum absolute atomic E-state index is 12.2. The van der Waals surface area contributed by atoms with Crippen molar-refractivity contribution in [2.24, 2.45) is 0 Å². The van der Waals surface area contributed by atoms with Gasteiger partial charge in [0.25, 0.3) is 0 Å². The van der Waals surface area contributed by atoms with E-state index < -0.39 is 0 Å². The van der Waals surface area contributed by atoms with E-state index in [0.29, 0.717) is 37.9 Å².